The van der Waals surface area contributed by atoms with Crippen molar-refractivity contribution in [1.29, 1.82) is 0 Å². The van der Waals surface area contributed by atoms with Gasteiger partial charge in [-0.25, -0.2) is 9.48 Å². The molecule has 1 spiro atoms. The summed E-state index contributed by atoms with van der Waals surface area (Å²) in [6.07, 6.45) is 2.68. The van der Waals surface area contributed by atoms with E-state index in [-0.39, 0.29) is 18.5 Å². The molecule has 2 aliphatic rings. The summed E-state index contributed by atoms with van der Waals surface area (Å²) in [5.41, 5.74) is -0.705. The number of aryl methyl sites for hydroxylation is 1. The summed E-state index contributed by atoms with van der Waals surface area (Å²) in [4.78, 5) is 25.9. The number of unbranched alkanes of at least 4 members (excludes halogenated alkanes) is 1. The molecule has 2 saturated heterocycles. The molecule has 1 aromatic heterocycles. The van der Waals surface area contributed by atoms with Crippen LogP contribution in [0, 0.1) is 0 Å². The number of aromatic nitrogens is 4. The van der Waals surface area contributed by atoms with Gasteiger partial charge in [-0.15, -0.1) is 5.10 Å². The molecular formula is C12H18N6O2S. The van der Waals surface area contributed by atoms with E-state index in [0.717, 1.165) is 18.6 Å². The van der Waals surface area contributed by atoms with Crippen molar-refractivity contribution >= 4 is 23.7 Å². The van der Waals surface area contributed by atoms with E-state index in [0.29, 0.717) is 24.5 Å². The summed E-state index contributed by atoms with van der Waals surface area (Å²) in [6.45, 7) is 2.92. The second kappa shape index (κ2) is 5.63. The number of tetrazole rings is 1. The summed E-state index contributed by atoms with van der Waals surface area (Å²) >= 11 is 1.69. The lowest BCUT2D eigenvalue weighted by Crippen LogP contribution is -2.47. The maximum atomic E-state index is 12.5. The zero-order chi connectivity index (χ0) is 14.9. The highest BCUT2D eigenvalue weighted by molar-refractivity contribution is 7.99. The second-order valence-electron chi connectivity index (χ2n) is 5.38. The number of nitrogens with one attached hydrogen (secondary N) is 1. The molecule has 8 nitrogen and oxygen atoms in total. The lowest BCUT2D eigenvalue weighted by atomic mass is 9.99. The first-order valence-electron chi connectivity index (χ1n) is 7.13. The van der Waals surface area contributed by atoms with Crippen molar-refractivity contribution in [3.05, 3.63) is 5.82 Å². The minimum atomic E-state index is -0.705. The van der Waals surface area contributed by atoms with E-state index in [1.807, 2.05) is 0 Å². The Balaban J connectivity index is 1.74. The molecule has 3 heterocycles. The van der Waals surface area contributed by atoms with Crippen molar-refractivity contribution in [3.63, 3.8) is 0 Å². The number of carbonyl (C=O) groups excluding carboxylic acids is 2. The van der Waals surface area contributed by atoms with E-state index < -0.39 is 5.54 Å². The van der Waals surface area contributed by atoms with Crippen LogP contribution in [-0.4, -0.2) is 54.1 Å². The van der Waals surface area contributed by atoms with Crippen LogP contribution in [0.3, 0.4) is 0 Å². The van der Waals surface area contributed by atoms with Crippen molar-refractivity contribution < 1.29 is 9.59 Å². The number of hydrogen-bond acceptors (Lipinski definition) is 6. The van der Waals surface area contributed by atoms with E-state index in [9.17, 15) is 9.59 Å². The molecule has 2 fully saturated rings. The average molecular weight is 310 g/mol. The molecule has 0 aliphatic carbocycles. The van der Waals surface area contributed by atoms with E-state index in [2.05, 4.69) is 27.8 Å². The van der Waals surface area contributed by atoms with Crippen LogP contribution in [0.4, 0.5) is 4.79 Å². The SMILES string of the molecule is CCCCn1nnnc1CN1C(=O)NC2(CCSC2)C1=O. The van der Waals surface area contributed by atoms with Crippen LogP contribution in [0.5, 0.6) is 0 Å². The quantitative estimate of drug-likeness (QED) is 0.791. The third-order valence-corrected chi connectivity index (χ3v) is 5.09. The Morgan fingerprint density at radius 2 is 2.29 bits per heavy atom. The van der Waals surface area contributed by atoms with Gasteiger partial charge in [-0.1, -0.05) is 13.3 Å². The molecule has 1 aromatic rings. The first-order valence-corrected chi connectivity index (χ1v) is 8.28. The fourth-order valence-corrected chi connectivity index (χ4v) is 3.94. The molecule has 114 valence electrons. The molecular weight excluding hydrogens is 292 g/mol. The van der Waals surface area contributed by atoms with Crippen LogP contribution < -0.4 is 5.32 Å². The molecule has 1 N–H and O–H groups in total. The summed E-state index contributed by atoms with van der Waals surface area (Å²) in [5.74, 6) is 1.94. The largest absolute Gasteiger partial charge is 0.325 e. The van der Waals surface area contributed by atoms with E-state index >= 15 is 0 Å². The Morgan fingerprint density at radius 1 is 1.43 bits per heavy atom. The van der Waals surface area contributed by atoms with Gasteiger partial charge in [0.1, 0.15) is 5.54 Å². The molecule has 1 unspecified atom stereocenters. The highest BCUT2D eigenvalue weighted by atomic mass is 32.2. The zero-order valence-corrected chi connectivity index (χ0v) is 12.7. The molecule has 3 rings (SSSR count). The number of imide groups is 1. The van der Waals surface area contributed by atoms with Gasteiger partial charge < -0.3 is 5.32 Å². The Labute approximate surface area is 126 Å². The third kappa shape index (κ3) is 2.50. The van der Waals surface area contributed by atoms with Gasteiger partial charge in [0.2, 0.25) is 0 Å². The van der Waals surface area contributed by atoms with Gasteiger partial charge in [0.15, 0.2) is 5.82 Å². The monoisotopic (exact) mass is 310 g/mol. The third-order valence-electron chi connectivity index (χ3n) is 3.90. The van der Waals surface area contributed by atoms with Gasteiger partial charge >= 0.3 is 6.03 Å². The van der Waals surface area contributed by atoms with Gasteiger partial charge in [0, 0.05) is 12.3 Å². The second-order valence-corrected chi connectivity index (χ2v) is 6.48. The van der Waals surface area contributed by atoms with Gasteiger partial charge in [0.25, 0.3) is 5.91 Å². The smallest absolute Gasteiger partial charge is 0.322 e. The van der Waals surface area contributed by atoms with E-state index in [1.54, 1.807) is 16.4 Å². The molecule has 0 saturated carbocycles. The first kappa shape index (κ1) is 14.3. The molecule has 0 bridgehead atoms. The van der Waals surface area contributed by atoms with Gasteiger partial charge in [-0.05, 0) is 29.0 Å². The van der Waals surface area contributed by atoms with Crippen molar-refractivity contribution in [2.24, 2.45) is 0 Å². The normalized spacial score (nSPS) is 25.1. The molecule has 21 heavy (non-hydrogen) atoms. The maximum Gasteiger partial charge on any atom is 0.325 e. The number of carbonyl (C=O) groups is 2. The number of urea groups is 1. The standard InChI is InChI=1S/C12H18N6O2S/c1-2-3-5-18-9(14-15-16-18)7-17-10(19)12(13-11(17)20)4-6-21-8-12/h2-8H2,1H3,(H,13,20). The lowest BCUT2D eigenvalue weighted by Gasteiger charge is -2.19. The Hall–Kier alpha value is -1.64. The predicted octanol–water partition coefficient (Wildman–Crippen LogP) is 0.401. The van der Waals surface area contributed by atoms with Crippen LogP contribution in [0.25, 0.3) is 0 Å². The number of amides is 3. The van der Waals surface area contributed by atoms with E-state index in [4.69, 9.17) is 0 Å². The van der Waals surface area contributed by atoms with Gasteiger partial charge in [-0.3, -0.25) is 9.69 Å². The Morgan fingerprint density at radius 3 is 3.00 bits per heavy atom. The molecule has 0 aromatic carbocycles. The Bertz CT molecular complexity index is 554. The summed E-state index contributed by atoms with van der Waals surface area (Å²) in [7, 11) is 0. The first-order chi connectivity index (χ1) is 10.2. The van der Waals surface area contributed by atoms with Crippen LogP contribution >= 0.6 is 11.8 Å². The number of nitrogens with zero attached hydrogens (tertiary/aromatic N) is 5. The molecule has 0 radical (unpaired) electrons. The fourth-order valence-electron chi connectivity index (χ4n) is 2.61. The summed E-state index contributed by atoms with van der Waals surface area (Å²) in [6, 6.07) is -0.340. The molecule has 9 heteroatoms. The Kier molecular flexibility index (Phi) is 3.83. The molecule has 3 amide bonds. The van der Waals surface area contributed by atoms with Crippen molar-refractivity contribution in [3.8, 4) is 0 Å². The molecule has 2 aliphatic heterocycles. The minimum Gasteiger partial charge on any atom is -0.322 e. The highest BCUT2D eigenvalue weighted by Gasteiger charge is 2.53. The number of thioether (sulfide) groups is 1. The van der Waals surface area contributed by atoms with Crippen LogP contribution in [-0.2, 0) is 17.9 Å². The predicted molar refractivity (Wildman–Crippen MR) is 76.5 cm³/mol. The van der Waals surface area contributed by atoms with Crippen molar-refractivity contribution in [1.82, 2.24) is 30.4 Å². The fraction of sp³-hybridized carbons (Fsp3) is 0.750. The average Bonchev–Trinajstić information content (AvgIpc) is 3.15. The maximum absolute atomic E-state index is 12.5. The number of rotatable bonds is 5. The summed E-state index contributed by atoms with van der Waals surface area (Å²) in [5, 5.41) is 14.3. The van der Waals surface area contributed by atoms with Crippen LogP contribution in [0.2, 0.25) is 0 Å². The highest BCUT2D eigenvalue weighted by Crippen LogP contribution is 2.33. The van der Waals surface area contributed by atoms with Crippen LogP contribution in [0.15, 0.2) is 0 Å². The van der Waals surface area contributed by atoms with Gasteiger partial charge in [-0.2, -0.15) is 11.8 Å². The van der Waals surface area contributed by atoms with Gasteiger partial charge in [0.05, 0.1) is 6.54 Å². The number of hydrogen-bond donors (Lipinski definition) is 1. The molecule has 1 atom stereocenters. The minimum absolute atomic E-state index is 0.133. The lowest BCUT2D eigenvalue weighted by molar-refractivity contribution is -0.131. The topological polar surface area (TPSA) is 93.0 Å². The zero-order valence-electron chi connectivity index (χ0n) is 11.9. The van der Waals surface area contributed by atoms with E-state index in [1.165, 1.54) is 4.90 Å². The van der Waals surface area contributed by atoms with Crippen LogP contribution in [0.1, 0.15) is 32.0 Å². The van der Waals surface area contributed by atoms with Crippen molar-refractivity contribution in [2.75, 3.05) is 11.5 Å². The van der Waals surface area contributed by atoms with Crippen molar-refractivity contribution in [2.45, 2.75) is 44.8 Å². The summed E-state index contributed by atoms with van der Waals surface area (Å²) < 4.78 is 1.67.